The van der Waals surface area contributed by atoms with Gasteiger partial charge in [0.05, 0.1) is 0 Å². The van der Waals surface area contributed by atoms with Gasteiger partial charge >= 0.3 is 0 Å². The number of carbonyl (C=O) groups excluding carboxylic acids is 1. The molecule has 0 saturated carbocycles. The lowest BCUT2D eigenvalue weighted by Crippen LogP contribution is -2.28. The minimum absolute atomic E-state index is 0.122. The average Bonchev–Trinajstić information content (AvgIpc) is 3.58. The Morgan fingerprint density at radius 1 is 0.623 bits per heavy atom. The van der Waals surface area contributed by atoms with Crippen LogP contribution in [0.1, 0.15) is 168 Å². The number of benzene rings is 1. The first-order chi connectivity index (χ1) is 26.0. The molecule has 53 heavy (non-hydrogen) atoms. The highest BCUT2D eigenvalue weighted by Gasteiger charge is 2.09. The van der Waals surface area contributed by atoms with Crippen molar-refractivity contribution in [3.63, 3.8) is 0 Å². The van der Waals surface area contributed by atoms with Gasteiger partial charge in [-0.1, -0.05) is 109 Å². The first-order valence-corrected chi connectivity index (χ1v) is 22.0. The van der Waals surface area contributed by atoms with Crippen molar-refractivity contribution < 1.29 is 23.7 Å². The van der Waals surface area contributed by atoms with Gasteiger partial charge in [0.25, 0.3) is 0 Å². The van der Waals surface area contributed by atoms with Crippen molar-refractivity contribution in [2.75, 3.05) is 52.6 Å². The predicted octanol–water partition coefficient (Wildman–Crippen LogP) is 11.1. The van der Waals surface area contributed by atoms with Crippen LogP contribution < -0.4 is 5.32 Å². The van der Waals surface area contributed by atoms with Crippen LogP contribution in [-0.4, -0.2) is 81.0 Å². The van der Waals surface area contributed by atoms with Crippen LogP contribution in [0, 0.1) is 0 Å². The fraction of sp³-hybridized carbons (Fsp3) is 0.800. The van der Waals surface area contributed by atoms with Crippen LogP contribution in [0.4, 0.5) is 0 Å². The third-order valence-corrected chi connectivity index (χ3v) is 10.2. The minimum atomic E-state index is -0.122. The van der Waals surface area contributed by atoms with Crippen LogP contribution in [-0.2, 0) is 30.2 Å². The number of ether oxygens (including phenoxy) is 4. The second-order valence-electron chi connectivity index (χ2n) is 15.0. The highest BCUT2D eigenvalue weighted by Crippen LogP contribution is 2.19. The van der Waals surface area contributed by atoms with Crippen molar-refractivity contribution >= 4 is 16.8 Å². The Hall–Kier alpha value is -1.97. The number of hydrogen-bond acceptors (Lipinski definition) is 6. The molecule has 0 fully saturated rings. The molecule has 2 N–H and O–H groups in total. The molecule has 1 amide bonds. The second kappa shape index (κ2) is 33.4. The predicted molar refractivity (Wildman–Crippen MR) is 222 cm³/mol. The van der Waals surface area contributed by atoms with Crippen LogP contribution in [0.3, 0.4) is 0 Å². The standard InChI is InChI=1S/C45H81N3O5/c1-5-7-9-11-15-23-35-50-40(3)52-37-25-21-33-48(34-22-26-38-53-41(4)51-36-24-16-12-10-8-6-2)32-20-14-13-19-31-46-45(49)30-29-42-39-47-44-28-18-17-27-43(42)44/h17-18,27-28,39-41,47H,5-16,19-26,29-38H2,1-4H3,(H,46,49). The third kappa shape index (κ3) is 25.7. The monoisotopic (exact) mass is 744 g/mol. The largest absolute Gasteiger partial charge is 0.361 e. The molecular weight excluding hydrogens is 663 g/mol. The number of unbranched alkanes of at least 4 members (excludes halogenated alkanes) is 15. The maximum atomic E-state index is 12.5. The van der Waals surface area contributed by atoms with Crippen molar-refractivity contribution in [2.45, 2.75) is 182 Å². The van der Waals surface area contributed by atoms with Gasteiger partial charge in [-0.05, 0) is 103 Å². The Balaban J connectivity index is 1.58. The number of fused-ring (bicyclic) bond motifs is 1. The molecule has 0 aliphatic carbocycles. The summed E-state index contributed by atoms with van der Waals surface area (Å²) in [6.07, 6.45) is 27.4. The maximum absolute atomic E-state index is 12.5. The van der Waals surface area contributed by atoms with Gasteiger partial charge < -0.3 is 34.1 Å². The number of amides is 1. The van der Waals surface area contributed by atoms with E-state index in [4.69, 9.17) is 18.9 Å². The number of H-pyrrole nitrogens is 1. The zero-order valence-corrected chi connectivity index (χ0v) is 34.7. The number of rotatable bonds is 38. The van der Waals surface area contributed by atoms with Gasteiger partial charge in [0, 0.05) is 56.5 Å². The van der Waals surface area contributed by atoms with Crippen LogP contribution >= 0.6 is 0 Å². The molecule has 2 aromatic rings. The first-order valence-electron chi connectivity index (χ1n) is 22.0. The van der Waals surface area contributed by atoms with Crippen molar-refractivity contribution in [3.8, 4) is 0 Å². The molecule has 8 nitrogen and oxygen atoms in total. The van der Waals surface area contributed by atoms with Crippen molar-refractivity contribution in [1.82, 2.24) is 15.2 Å². The highest BCUT2D eigenvalue weighted by molar-refractivity contribution is 5.84. The van der Waals surface area contributed by atoms with Gasteiger partial charge in [0.2, 0.25) is 5.91 Å². The third-order valence-electron chi connectivity index (χ3n) is 10.2. The molecule has 2 unspecified atom stereocenters. The number of carbonyl (C=O) groups is 1. The van der Waals surface area contributed by atoms with E-state index in [1.807, 2.05) is 26.1 Å². The number of para-hydroxylation sites is 1. The highest BCUT2D eigenvalue weighted by atomic mass is 16.7. The zero-order valence-electron chi connectivity index (χ0n) is 34.7. The van der Waals surface area contributed by atoms with Gasteiger partial charge in [-0.15, -0.1) is 0 Å². The summed E-state index contributed by atoms with van der Waals surface area (Å²) in [7, 11) is 0. The molecule has 306 valence electrons. The molecular formula is C45H81N3O5. The summed E-state index contributed by atoms with van der Waals surface area (Å²) in [5.41, 5.74) is 2.35. The van der Waals surface area contributed by atoms with Crippen LogP contribution in [0.25, 0.3) is 10.9 Å². The summed E-state index contributed by atoms with van der Waals surface area (Å²) in [6, 6.07) is 8.28. The van der Waals surface area contributed by atoms with Gasteiger partial charge in [-0.3, -0.25) is 4.79 Å². The topological polar surface area (TPSA) is 85.1 Å². The number of aromatic nitrogens is 1. The van der Waals surface area contributed by atoms with Gasteiger partial charge in [-0.2, -0.15) is 0 Å². The molecule has 0 bridgehead atoms. The number of hydrogen-bond donors (Lipinski definition) is 2. The Bertz CT molecular complexity index is 1080. The van der Waals surface area contributed by atoms with Crippen LogP contribution in [0.2, 0.25) is 0 Å². The van der Waals surface area contributed by atoms with Gasteiger partial charge in [0.15, 0.2) is 12.6 Å². The molecule has 1 aromatic heterocycles. The lowest BCUT2D eigenvalue weighted by Gasteiger charge is -2.23. The molecule has 8 heteroatoms. The average molecular weight is 744 g/mol. The second-order valence-corrected chi connectivity index (χ2v) is 15.0. The van der Waals surface area contributed by atoms with E-state index < -0.39 is 0 Å². The van der Waals surface area contributed by atoms with E-state index in [1.54, 1.807) is 0 Å². The fourth-order valence-electron chi connectivity index (χ4n) is 6.79. The van der Waals surface area contributed by atoms with E-state index in [0.717, 1.165) is 116 Å². The lowest BCUT2D eigenvalue weighted by atomic mass is 10.1. The fourth-order valence-corrected chi connectivity index (χ4v) is 6.79. The van der Waals surface area contributed by atoms with E-state index in [2.05, 4.69) is 47.2 Å². The van der Waals surface area contributed by atoms with Crippen LogP contribution in [0.5, 0.6) is 0 Å². The van der Waals surface area contributed by atoms with E-state index in [9.17, 15) is 4.79 Å². The molecule has 1 heterocycles. The van der Waals surface area contributed by atoms with E-state index in [-0.39, 0.29) is 18.5 Å². The van der Waals surface area contributed by atoms with Crippen molar-refractivity contribution in [1.29, 1.82) is 0 Å². The maximum Gasteiger partial charge on any atom is 0.220 e. The molecule has 0 saturated heterocycles. The molecule has 1 aromatic carbocycles. The summed E-state index contributed by atoms with van der Waals surface area (Å²) < 4.78 is 23.7. The minimum Gasteiger partial charge on any atom is -0.361 e. The van der Waals surface area contributed by atoms with Crippen molar-refractivity contribution in [2.24, 2.45) is 0 Å². The summed E-state index contributed by atoms with van der Waals surface area (Å²) in [4.78, 5) is 18.4. The summed E-state index contributed by atoms with van der Waals surface area (Å²) in [5.74, 6) is 0.145. The number of nitrogens with one attached hydrogen (secondary N) is 2. The number of nitrogens with zero attached hydrogens (tertiary/aromatic N) is 1. The molecule has 2 rings (SSSR count). The molecule has 0 aliphatic heterocycles. The first kappa shape index (κ1) is 47.2. The van der Waals surface area contributed by atoms with Gasteiger partial charge in [-0.25, -0.2) is 0 Å². The quantitative estimate of drug-likeness (QED) is 0.0526. The Morgan fingerprint density at radius 2 is 1.08 bits per heavy atom. The van der Waals surface area contributed by atoms with E-state index in [0.29, 0.717) is 6.42 Å². The SMILES string of the molecule is CCCCCCCCOC(C)OCCCCN(CCCCCCNC(=O)CCc1c[nH]c2ccccc12)CCCCOC(C)OCCCCCCCC. The zero-order chi connectivity index (χ0) is 38.0. The Labute approximate surface area is 325 Å². The molecule has 2 atom stereocenters. The van der Waals surface area contributed by atoms with Gasteiger partial charge in [0.1, 0.15) is 0 Å². The smallest absolute Gasteiger partial charge is 0.220 e. The molecule has 0 radical (unpaired) electrons. The Kier molecular flexibility index (Phi) is 29.7. The Morgan fingerprint density at radius 3 is 1.64 bits per heavy atom. The summed E-state index contributed by atoms with van der Waals surface area (Å²) >= 11 is 0. The van der Waals surface area contributed by atoms with E-state index in [1.165, 1.54) is 88.0 Å². The molecule has 0 spiro atoms. The number of aryl methyl sites for hydroxylation is 1. The number of aromatic amines is 1. The van der Waals surface area contributed by atoms with Crippen molar-refractivity contribution in [3.05, 3.63) is 36.0 Å². The summed E-state index contributed by atoms with van der Waals surface area (Å²) in [5, 5.41) is 4.35. The van der Waals surface area contributed by atoms with E-state index >= 15 is 0 Å². The van der Waals surface area contributed by atoms with Crippen LogP contribution in [0.15, 0.2) is 30.5 Å². The normalized spacial score (nSPS) is 12.9. The molecule has 0 aliphatic rings. The lowest BCUT2D eigenvalue weighted by molar-refractivity contribution is -0.132. The summed E-state index contributed by atoms with van der Waals surface area (Å²) in [6.45, 7) is 15.8.